The quantitative estimate of drug-likeness (QED) is 0.830. The fourth-order valence-electron chi connectivity index (χ4n) is 1.31. The second-order valence-electron chi connectivity index (χ2n) is 3.45. The fourth-order valence-corrected chi connectivity index (χ4v) is 2.23. The summed E-state index contributed by atoms with van der Waals surface area (Å²) >= 11 is 6.67. The lowest BCUT2D eigenvalue weighted by atomic mass is 10.1. The van der Waals surface area contributed by atoms with Crippen molar-refractivity contribution in [3.05, 3.63) is 28.5 Å². The average molecular weight is 350 g/mol. The molecule has 1 aromatic rings. The van der Waals surface area contributed by atoms with E-state index >= 15 is 0 Å². The first-order valence-corrected chi connectivity index (χ1v) is 7.06. The number of hydrogen-bond acceptors (Lipinski definition) is 2. The summed E-state index contributed by atoms with van der Waals surface area (Å²) in [4.78, 5) is 15.8. The second kappa shape index (κ2) is 7.01. The first kappa shape index (κ1) is 13.6. The number of alkyl halides is 1. The van der Waals surface area contributed by atoms with Crippen LogP contribution in [0.4, 0.5) is 0 Å². The number of carbonyl (C=O) groups is 1. The Morgan fingerprint density at radius 3 is 2.88 bits per heavy atom. The third-order valence-corrected chi connectivity index (χ3v) is 3.14. The molecule has 1 aromatic heterocycles. The molecule has 0 saturated carbocycles. The van der Waals surface area contributed by atoms with Gasteiger partial charge < -0.3 is 5.32 Å². The van der Waals surface area contributed by atoms with E-state index in [4.69, 9.17) is 0 Å². The van der Waals surface area contributed by atoms with E-state index in [2.05, 4.69) is 49.1 Å². The Morgan fingerprint density at radius 1 is 1.56 bits per heavy atom. The van der Waals surface area contributed by atoms with E-state index in [-0.39, 0.29) is 11.9 Å². The van der Waals surface area contributed by atoms with Gasteiger partial charge in [-0.15, -0.1) is 0 Å². The molecular formula is C11H14Br2N2O. The Bertz CT molecular complexity index is 358. The minimum Gasteiger partial charge on any atom is -0.349 e. The van der Waals surface area contributed by atoms with Crippen LogP contribution in [-0.4, -0.2) is 22.3 Å². The van der Waals surface area contributed by atoms with Crippen molar-refractivity contribution in [3.8, 4) is 0 Å². The van der Waals surface area contributed by atoms with Gasteiger partial charge in [0, 0.05) is 28.2 Å². The van der Waals surface area contributed by atoms with Crippen molar-refractivity contribution in [3.63, 3.8) is 0 Å². The van der Waals surface area contributed by atoms with Gasteiger partial charge in [-0.1, -0.05) is 22.9 Å². The van der Waals surface area contributed by atoms with Crippen LogP contribution in [0.2, 0.25) is 0 Å². The smallest absolute Gasteiger partial charge is 0.253 e. The molecule has 1 rings (SSSR count). The number of amides is 1. The maximum Gasteiger partial charge on any atom is 0.253 e. The second-order valence-corrected chi connectivity index (χ2v) is 5.16. The highest BCUT2D eigenvalue weighted by molar-refractivity contribution is 9.10. The summed E-state index contributed by atoms with van der Waals surface area (Å²) in [6, 6.07) is 1.98. The number of hydrogen-bond donors (Lipinski definition) is 1. The van der Waals surface area contributed by atoms with E-state index in [0.29, 0.717) is 5.56 Å². The van der Waals surface area contributed by atoms with Crippen LogP contribution in [0.5, 0.6) is 0 Å². The van der Waals surface area contributed by atoms with Crippen LogP contribution < -0.4 is 5.32 Å². The van der Waals surface area contributed by atoms with E-state index in [1.807, 2.05) is 0 Å². The predicted molar refractivity (Wildman–Crippen MR) is 71.9 cm³/mol. The SMILES string of the molecule is CCC(CCBr)NC(=O)c1cncc(Br)c1. The molecule has 1 unspecified atom stereocenters. The standard InChI is InChI=1S/C11H14Br2N2O/c1-2-10(3-4-12)15-11(16)8-5-9(13)7-14-6-8/h5-7,10H,2-4H2,1H3,(H,15,16). The number of rotatable bonds is 5. The van der Waals surface area contributed by atoms with Gasteiger partial charge in [0.25, 0.3) is 5.91 Å². The molecule has 0 saturated heterocycles. The molecule has 0 spiro atoms. The third-order valence-electron chi connectivity index (χ3n) is 2.25. The van der Waals surface area contributed by atoms with Crippen LogP contribution in [0.3, 0.4) is 0 Å². The van der Waals surface area contributed by atoms with E-state index in [1.165, 1.54) is 0 Å². The van der Waals surface area contributed by atoms with Crippen LogP contribution in [-0.2, 0) is 0 Å². The molecule has 16 heavy (non-hydrogen) atoms. The Labute approximate surface area is 112 Å². The molecule has 1 atom stereocenters. The average Bonchev–Trinajstić information content (AvgIpc) is 2.28. The molecule has 0 aliphatic heterocycles. The summed E-state index contributed by atoms with van der Waals surface area (Å²) < 4.78 is 0.814. The van der Waals surface area contributed by atoms with Crippen molar-refractivity contribution < 1.29 is 4.79 Å². The lowest BCUT2D eigenvalue weighted by molar-refractivity contribution is 0.0935. The topological polar surface area (TPSA) is 42.0 Å². The molecule has 1 heterocycles. The van der Waals surface area contributed by atoms with E-state index in [9.17, 15) is 4.79 Å². The van der Waals surface area contributed by atoms with Gasteiger partial charge in [0.15, 0.2) is 0 Å². The summed E-state index contributed by atoms with van der Waals surface area (Å²) in [6.45, 7) is 2.06. The van der Waals surface area contributed by atoms with Gasteiger partial charge in [0.05, 0.1) is 5.56 Å². The molecule has 1 N–H and O–H groups in total. The van der Waals surface area contributed by atoms with Crippen molar-refractivity contribution in [1.29, 1.82) is 0 Å². The minimum absolute atomic E-state index is 0.0680. The monoisotopic (exact) mass is 348 g/mol. The minimum atomic E-state index is -0.0680. The van der Waals surface area contributed by atoms with Crippen molar-refractivity contribution in [1.82, 2.24) is 10.3 Å². The number of nitrogens with one attached hydrogen (secondary N) is 1. The maximum absolute atomic E-state index is 11.9. The molecule has 0 bridgehead atoms. The van der Waals surface area contributed by atoms with E-state index in [1.54, 1.807) is 18.5 Å². The zero-order valence-corrected chi connectivity index (χ0v) is 12.2. The summed E-state index contributed by atoms with van der Waals surface area (Å²) in [6.07, 6.45) is 5.09. The molecular weight excluding hydrogens is 336 g/mol. The van der Waals surface area contributed by atoms with Crippen molar-refractivity contribution in [2.75, 3.05) is 5.33 Å². The Balaban J connectivity index is 2.64. The molecule has 0 aromatic carbocycles. The van der Waals surface area contributed by atoms with E-state index < -0.39 is 0 Å². The summed E-state index contributed by atoms with van der Waals surface area (Å²) in [5, 5.41) is 3.87. The lowest BCUT2D eigenvalue weighted by Gasteiger charge is -2.15. The Hall–Kier alpha value is -0.420. The van der Waals surface area contributed by atoms with Gasteiger partial charge >= 0.3 is 0 Å². The zero-order valence-electron chi connectivity index (χ0n) is 9.04. The van der Waals surface area contributed by atoms with Crippen molar-refractivity contribution in [2.45, 2.75) is 25.8 Å². The molecule has 0 radical (unpaired) electrons. The first-order valence-electron chi connectivity index (χ1n) is 5.14. The highest BCUT2D eigenvalue weighted by Crippen LogP contribution is 2.10. The maximum atomic E-state index is 11.9. The first-order chi connectivity index (χ1) is 7.67. The largest absolute Gasteiger partial charge is 0.349 e. The number of carbonyl (C=O) groups excluding carboxylic acids is 1. The van der Waals surface area contributed by atoms with Crippen LogP contribution in [0.15, 0.2) is 22.9 Å². The van der Waals surface area contributed by atoms with Gasteiger partial charge in [0.1, 0.15) is 0 Å². The fraction of sp³-hybridized carbons (Fsp3) is 0.455. The third kappa shape index (κ3) is 4.22. The predicted octanol–water partition coefficient (Wildman–Crippen LogP) is 3.14. The number of nitrogens with zero attached hydrogens (tertiary/aromatic N) is 1. The molecule has 0 fully saturated rings. The van der Waals surface area contributed by atoms with Gasteiger partial charge in [0.2, 0.25) is 0 Å². The van der Waals surface area contributed by atoms with Gasteiger partial charge in [-0.3, -0.25) is 9.78 Å². The Kier molecular flexibility index (Phi) is 5.98. The highest BCUT2D eigenvalue weighted by Gasteiger charge is 2.11. The van der Waals surface area contributed by atoms with Gasteiger partial charge in [-0.05, 0) is 34.8 Å². The number of aromatic nitrogens is 1. The van der Waals surface area contributed by atoms with Crippen LogP contribution in [0.25, 0.3) is 0 Å². The lowest BCUT2D eigenvalue weighted by Crippen LogP contribution is -2.34. The molecule has 5 heteroatoms. The van der Waals surface area contributed by atoms with Gasteiger partial charge in [-0.2, -0.15) is 0 Å². The van der Waals surface area contributed by atoms with Crippen LogP contribution in [0, 0.1) is 0 Å². The summed E-state index contributed by atoms with van der Waals surface area (Å²) in [5.74, 6) is -0.0680. The molecule has 88 valence electrons. The molecule has 0 aliphatic rings. The zero-order chi connectivity index (χ0) is 12.0. The van der Waals surface area contributed by atoms with Crippen molar-refractivity contribution >= 4 is 37.8 Å². The van der Waals surface area contributed by atoms with Gasteiger partial charge in [-0.25, -0.2) is 0 Å². The van der Waals surface area contributed by atoms with E-state index in [0.717, 1.165) is 22.6 Å². The van der Waals surface area contributed by atoms with Crippen molar-refractivity contribution in [2.24, 2.45) is 0 Å². The van der Waals surface area contributed by atoms with Crippen LogP contribution >= 0.6 is 31.9 Å². The summed E-state index contributed by atoms with van der Waals surface area (Å²) in [7, 11) is 0. The molecule has 0 aliphatic carbocycles. The molecule has 3 nitrogen and oxygen atoms in total. The normalized spacial score (nSPS) is 12.2. The summed E-state index contributed by atoms with van der Waals surface area (Å²) in [5.41, 5.74) is 0.586. The van der Waals surface area contributed by atoms with Crippen LogP contribution in [0.1, 0.15) is 30.1 Å². The molecule has 1 amide bonds. The number of pyridine rings is 1. The Morgan fingerprint density at radius 2 is 2.31 bits per heavy atom. The highest BCUT2D eigenvalue weighted by atomic mass is 79.9. The number of halogens is 2.